The Labute approximate surface area is 246 Å². The maximum atomic E-state index is 12.4. The number of aromatic nitrogens is 5. The zero-order valence-corrected chi connectivity index (χ0v) is 24.0. The molecule has 1 amide bonds. The molecular weight excluding hydrogens is 636 g/mol. The van der Waals surface area contributed by atoms with E-state index in [1.807, 2.05) is 0 Å². The van der Waals surface area contributed by atoms with Crippen LogP contribution in [-0.2, 0) is 32.0 Å². The van der Waals surface area contributed by atoms with Crippen LogP contribution in [-0.4, -0.2) is 105 Å². The Kier molecular flexibility index (Phi) is 9.13. The van der Waals surface area contributed by atoms with Gasteiger partial charge in [0.25, 0.3) is 12.1 Å². The van der Waals surface area contributed by atoms with Gasteiger partial charge < -0.3 is 51.2 Å². The number of amides is 1. The first-order chi connectivity index (χ1) is 20.7. The third-order valence-corrected chi connectivity index (χ3v) is 9.35. The highest BCUT2D eigenvalue weighted by atomic mass is 31.3. The molecule has 23 heteroatoms. The van der Waals surface area contributed by atoms with E-state index in [0.29, 0.717) is 0 Å². The summed E-state index contributed by atoms with van der Waals surface area (Å²) in [5, 5.41) is 41.6. The van der Waals surface area contributed by atoms with E-state index in [2.05, 4.69) is 23.8 Å². The monoisotopic (exact) mass is 664 g/mol. The number of hydrogen-bond donors (Lipinski definition) is 8. The molecule has 0 aromatic carbocycles. The fourth-order valence-electron chi connectivity index (χ4n) is 4.58. The van der Waals surface area contributed by atoms with Crippen molar-refractivity contribution in [3.63, 3.8) is 0 Å². The number of phosphoric ester groups is 2. The number of carbonyl (C=O) groups excluding carboxylic acids is 1. The summed E-state index contributed by atoms with van der Waals surface area (Å²) in [6.45, 7) is -1.80. The van der Waals surface area contributed by atoms with Crippen LogP contribution in [0.15, 0.2) is 37.2 Å². The molecule has 5 heterocycles. The lowest BCUT2D eigenvalue weighted by Gasteiger charge is -2.20. The van der Waals surface area contributed by atoms with E-state index >= 15 is 0 Å². The van der Waals surface area contributed by atoms with Crippen molar-refractivity contribution in [2.24, 2.45) is 5.73 Å². The predicted molar refractivity (Wildman–Crippen MR) is 139 cm³/mol. The number of imidazole rings is 1. The van der Waals surface area contributed by atoms with Gasteiger partial charge in [0, 0.05) is 6.07 Å². The van der Waals surface area contributed by atoms with E-state index in [9.17, 15) is 44.1 Å². The maximum absolute atomic E-state index is 12.4. The van der Waals surface area contributed by atoms with Crippen LogP contribution in [0, 0.1) is 0 Å². The molecular formula is C21H28N7O14P2+. The van der Waals surface area contributed by atoms with Crippen LogP contribution < -0.4 is 16.0 Å². The Morgan fingerprint density at radius 1 is 0.977 bits per heavy atom. The Hall–Kier alpha value is -3.01. The van der Waals surface area contributed by atoms with Gasteiger partial charge in [0.2, 0.25) is 0 Å². The van der Waals surface area contributed by atoms with Gasteiger partial charge in [-0.2, -0.15) is 8.88 Å². The second-order valence-electron chi connectivity index (χ2n) is 9.69. The molecule has 21 nitrogen and oxygen atoms in total. The van der Waals surface area contributed by atoms with Crippen LogP contribution in [0.3, 0.4) is 0 Å². The van der Waals surface area contributed by atoms with E-state index in [4.69, 9.17) is 25.5 Å². The number of aliphatic hydroxyl groups is 4. The molecule has 0 saturated carbocycles. The molecule has 0 bridgehead atoms. The quantitative estimate of drug-likeness (QED) is 0.0747. The van der Waals surface area contributed by atoms with Gasteiger partial charge in [0.05, 0.1) is 19.5 Å². The molecule has 0 aliphatic carbocycles. The Balaban J connectivity index is 1.16. The normalized spacial score (nSPS) is 31.6. The van der Waals surface area contributed by atoms with Gasteiger partial charge in [-0.25, -0.2) is 24.1 Å². The highest BCUT2D eigenvalue weighted by Crippen LogP contribution is 2.60. The molecule has 2 fully saturated rings. The summed E-state index contributed by atoms with van der Waals surface area (Å²) < 4.78 is 52.0. The Morgan fingerprint density at radius 3 is 2.27 bits per heavy atom. The van der Waals surface area contributed by atoms with Crippen molar-refractivity contribution >= 4 is 38.5 Å². The van der Waals surface area contributed by atoms with Crippen molar-refractivity contribution in [3.8, 4) is 0 Å². The Morgan fingerprint density at radius 2 is 1.61 bits per heavy atom. The Bertz CT molecular complexity index is 1630. The lowest BCUT2D eigenvalue weighted by atomic mass is 10.1. The van der Waals surface area contributed by atoms with Gasteiger partial charge in [0.15, 0.2) is 36.2 Å². The summed E-state index contributed by atoms with van der Waals surface area (Å²) >= 11 is 0. The molecule has 240 valence electrons. The number of nitrogens with zero attached hydrogens (tertiary/aromatic N) is 5. The number of anilines is 1. The van der Waals surface area contributed by atoms with Gasteiger partial charge in [-0.05, 0) is 6.07 Å². The molecule has 2 aliphatic heterocycles. The van der Waals surface area contributed by atoms with Crippen LogP contribution in [0.1, 0.15) is 22.8 Å². The molecule has 3 aromatic rings. The summed E-state index contributed by atoms with van der Waals surface area (Å²) in [5.74, 6) is -0.714. The number of nitrogens with two attached hydrogens (primary N) is 2. The van der Waals surface area contributed by atoms with Crippen molar-refractivity contribution in [2.75, 3.05) is 18.9 Å². The number of ether oxygens (including phenoxy) is 2. The second-order valence-corrected chi connectivity index (χ2v) is 12.7. The molecule has 0 spiro atoms. The third-order valence-electron chi connectivity index (χ3n) is 6.75. The summed E-state index contributed by atoms with van der Waals surface area (Å²) in [7, 11) is -10.7. The number of hydrogen-bond acceptors (Lipinski definition) is 16. The molecule has 3 aromatic heterocycles. The molecule has 5 rings (SSSR count). The number of phosphoric acid groups is 2. The fraction of sp³-hybridized carbons (Fsp3) is 0.476. The van der Waals surface area contributed by atoms with Crippen molar-refractivity contribution in [1.82, 2.24) is 19.5 Å². The average Bonchev–Trinajstić information content (AvgIpc) is 3.61. The summed E-state index contributed by atoms with van der Waals surface area (Å²) in [6, 6.07) is 2.83. The van der Waals surface area contributed by atoms with Gasteiger partial charge in [-0.3, -0.25) is 18.4 Å². The van der Waals surface area contributed by atoms with Gasteiger partial charge in [0.1, 0.15) is 47.9 Å². The van der Waals surface area contributed by atoms with Crippen LogP contribution in [0.25, 0.3) is 11.2 Å². The first kappa shape index (κ1) is 32.4. The number of fused-ring (bicyclic) bond motifs is 1. The van der Waals surface area contributed by atoms with E-state index in [0.717, 1.165) is 6.33 Å². The highest BCUT2D eigenvalue weighted by Gasteiger charge is 2.50. The highest BCUT2D eigenvalue weighted by molar-refractivity contribution is 7.61. The predicted octanol–water partition coefficient (Wildman–Crippen LogP) is -3.02. The number of nitrogen functional groups attached to an aromatic ring is 1. The molecule has 10 atom stereocenters. The lowest BCUT2D eigenvalue weighted by Crippen LogP contribution is -2.46. The average molecular weight is 664 g/mol. The van der Waals surface area contributed by atoms with E-state index in [1.54, 1.807) is 0 Å². The smallest absolute Gasteiger partial charge is 0.387 e. The lowest BCUT2D eigenvalue weighted by molar-refractivity contribution is -0.765. The minimum atomic E-state index is -5.37. The SMILES string of the molecule is NC(=O)c1ccc[n+]([C@H]2O[C@@H](COP(=O)(O)OP(=O)(O)OC[C@H]3O[C@H](n4cnc5c(N)ncnc54)[C@H](O)[C@@H]3O)[C@H](O)[C@@H]2O)c1. The van der Waals surface area contributed by atoms with Crippen LogP contribution in [0.2, 0.25) is 0 Å². The minimum absolute atomic E-state index is 0.0505. The minimum Gasteiger partial charge on any atom is -0.387 e. The summed E-state index contributed by atoms with van der Waals surface area (Å²) in [5.41, 5.74) is 11.4. The van der Waals surface area contributed by atoms with Crippen molar-refractivity contribution < 1.29 is 71.5 Å². The van der Waals surface area contributed by atoms with Crippen LogP contribution in [0.5, 0.6) is 0 Å². The largest absolute Gasteiger partial charge is 0.481 e. The molecule has 2 unspecified atom stereocenters. The van der Waals surface area contributed by atoms with Crippen LogP contribution in [0.4, 0.5) is 5.82 Å². The van der Waals surface area contributed by atoms with E-state index in [-0.39, 0.29) is 22.5 Å². The maximum Gasteiger partial charge on any atom is 0.481 e. The van der Waals surface area contributed by atoms with Gasteiger partial charge in [-0.15, -0.1) is 0 Å². The second kappa shape index (κ2) is 12.4. The molecule has 2 aliphatic rings. The van der Waals surface area contributed by atoms with Gasteiger partial charge in [-0.1, -0.05) is 0 Å². The standard InChI is InChI=1S/C21H27N7O14P2/c22-17-12-19(25-7-24-17)28(8-26-12)21-16(32)14(30)11(41-21)6-39-44(36,37)42-43(34,35)38-5-10-13(29)15(31)20(40-10)27-3-1-2-9(4-27)18(23)33/h1-4,7-8,10-11,13-16,20-21,29-32H,5-6H2,(H5-,22,23,24,25,33,34,35,36,37)/p+1/t10-,11+,13-,14+,15-,16+,20-,21-/m0/s1. The third kappa shape index (κ3) is 6.65. The zero-order chi connectivity index (χ0) is 32.0. The molecule has 2 saturated heterocycles. The molecule has 44 heavy (non-hydrogen) atoms. The number of primary amides is 1. The zero-order valence-electron chi connectivity index (χ0n) is 22.2. The summed E-state index contributed by atoms with van der Waals surface area (Å²) in [6.07, 6.45) is -6.85. The first-order valence-electron chi connectivity index (χ1n) is 12.6. The summed E-state index contributed by atoms with van der Waals surface area (Å²) in [4.78, 5) is 43.3. The first-order valence-corrected chi connectivity index (χ1v) is 15.6. The molecule has 10 N–H and O–H groups in total. The topological polar surface area (TPSA) is 318 Å². The molecule has 0 radical (unpaired) electrons. The fourth-order valence-corrected chi connectivity index (χ4v) is 6.67. The number of carbonyl (C=O) groups is 1. The van der Waals surface area contributed by atoms with Crippen molar-refractivity contribution in [1.29, 1.82) is 0 Å². The van der Waals surface area contributed by atoms with Crippen LogP contribution >= 0.6 is 15.6 Å². The van der Waals surface area contributed by atoms with E-state index < -0.39 is 83.8 Å². The van der Waals surface area contributed by atoms with Crippen molar-refractivity contribution in [2.45, 2.75) is 49.1 Å². The number of aliphatic hydroxyl groups excluding tert-OH is 4. The van der Waals surface area contributed by atoms with E-state index in [1.165, 1.54) is 40.0 Å². The number of rotatable bonds is 11. The van der Waals surface area contributed by atoms with Crippen molar-refractivity contribution in [3.05, 3.63) is 42.7 Å². The number of pyridine rings is 1. The van der Waals surface area contributed by atoms with Gasteiger partial charge >= 0.3 is 15.6 Å².